The fraction of sp³-hybridized carbons (Fsp3) is 0.182. The molecule has 0 aliphatic rings. The Morgan fingerprint density at radius 2 is 2.33 bits per heavy atom. The van der Waals surface area contributed by atoms with Crippen LogP contribution >= 0.6 is 11.3 Å². The number of hydrogen-bond donors (Lipinski definition) is 1. The molecule has 0 saturated heterocycles. The van der Waals surface area contributed by atoms with Gasteiger partial charge in [-0.3, -0.25) is 4.68 Å². The molecular weight excluding hydrogens is 250 g/mol. The molecule has 0 aliphatic carbocycles. The zero-order valence-corrected chi connectivity index (χ0v) is 10.5. The van der Waals surface area contributed by atoms with E-state index in [1.165, 1.54) is 0 Å². The number of thiophene rings is 1. The van der Waals surface area contributed by atoms with Crippen LogP contribution in [0.4, 0.5) is 0 Å². The van der Waals surface area contributed by atoms with E-state index in [4.69, 9.17) is 10.3 Å². The van der Waals surface area contributed by atoms with Gasteiger partial charge in [0.1, 0.15) is 11.7 Å². The van der Waals surface area contributed by atoms with Gasteiger partial charge >= 0.3 is 0 Å². The zero-order chi connectivity index (χ0) is 12.5. The quantitative estimate of drug-likeness (QED) is 0.774. The Hall–Kier alpha value is -1.99. The SMILES string of the molecule is Cn1ccc(-c2noc(C(N)c3cccs3)n2)n1. The molecule has 0 aliphatic heterocycles. The van der Waals surface area contributed by atoms with E-state index in [1.54, 1.807) is 16.0 Å². The fourth-order valence-electron chi connectivity index (χ4n) is 1.59. The van der Waals surface area contributed by atoms with Crippen LogP contribution in [0.2, 0.25) is 0 Å². The van der Waals surface area contributed by atoms with Crippen molar-refractivity contribution in [2.45, 2.75) is 6.04 Å². The summed E-state index contributed by atoms with van der Waals surface area (Å²) in [5.74, 6) is 0.857. The molecule has 6 nitrogen and oxygen atoms in total. The molecule has 0 radical (unpaired) electrons. The van der Waals surface area contributed by atoms with E-state index < -0.39 is 0 Å². The van der Waals surface area contributed by atoms with E-state index in [-0.39, 0.29) is 6.04 Å². The van der Waals surface area contributed by atoms with Crippen LogP contribution in [0.5, 0.6) is 0 Å². The third-order valence-electron chi connectivity index (χ3n) is 2.50. The molecule has 2 N–H and O–H groups in total. The lowest BCUT2D eigenvalue weighted by Gasteiger charge is -2.01. The maximum absolute atomic E-state index is 6.05. The van der Waals surface area contributed by atoms with E-state index in [1.807, 2.05) is 36.8 Å². The predicted octanol–water partition coefficient (Wildman–Crippen LogP) is 1.58. The van der Waals surface area contributed by atoms with Crippen LogP contribution in [0, 0.1) is 0 Å². The lowest BCUT2D eigenvalue weighted by atomic mass is 10.2. The normalized spacial score (nSPS) is 12.8. The average Bonchev–Trinajstić information content (AvgIpc) is 3.09. The van der Waals surface area contributed by atoms with E-state index in [9.17, 15) is 0 Å². The third-order valence-corrected chi connectivity index (χ3v) is 3.46. The molecule has 0 spiro atoms. The topological polar surface area (TPSA) is 82.8 Å². The monoisotopic (exact) mass is 261 g/mol. The maximum Gasteiger partial charge on any atom is 0.249 e. The number of aromatic nitrogens is 4. The number of nitrogens with two attached hydrogens (primary N) is 1. The Bertz CT molecular complexity index is 642. The summed E-state index contributed by atoms with van der Waals surface area (Å²) in [6.07, 6.45) is 1.82. The van der Waals surface area contributed by atoms with E-state index in [0.717, 1.165) is 4.88 Å². The summed E-state index contributed by atoms with van der Waals surface area (Å²) < 4.78 is 6.87. The van der Waals surface area contributed by atoms with Crippen molar-refractivity contribution in [2.24, 2.45) is 12.8 Å². The molecule has 7 heteroatoms. The Morgan fingerprint density at radius 3 is 3.00 bits per heavy atom. The second kappa shape index (κ2) is 4.35. The number of nitrogens with zero attached hydrogens (tertiary/aromatic N) is 4. The van der Waals surface area contributed by atoms with E-state index >= 15 is 0 Å². The minimum atomic E-state index is -0.380. The molecule has 0 amide bonds. The fourth-order valence-corrected chi connectivity index (χ4v) is 2.31. The molecule has 0 saturated carbocycles. The van der Waals surface area contributed by atoms with Crippen molar-refractivity contribution in [2.75, 3.05) is 0 Å². The van der Waals surface area contributed by atoms with Crippen molar-refractivity contribution in [1.29, 1.82) is 0 Å². The minimum Gasteiger partial charge on any atom is -0.337 e. The van der Waals surface area contributed by atoms with Crippen LogP contribution in [0.3, 0.4) is 0 Å². The first-order valence-electron chi connectivity index (χ1n) is 5.36. The highest BCUT2D eigenvalue weighted by Gasteiger charge is 2.19. The van der Waals surface area contributed by atoms with E-state index in [0.29, 0.717) is 17.4 Å². The van der Waals surface area contributed by atoms with Crippen LogP contribution < -0.4 is 5.73 Å². The summed E-state index contributed by atoms with van der Waals surface area (Å²) in [4.78, 5) is 5.27. The third kappa shape index (κ3) is 1.93. The predicted molar refractivity (Wildman–Crippen MR) is 66.8 cm³/mol. The molecule has 3 heterocycles. The Labute approximate surface area is 107 Å². The first-order chi connectivity index (χ1) is 8.74. The van der Waals surface area contributed by atoms with Gasteiger partial charge in [0, 0.05) is 18.1 Å². The molecule has 3 aromatic rings. The summed E-state index contributed by atoms with van der Waals surface area (Å²) in [7, 11) is 1.84. The highest BCUT2D eigenvalue weighted by atomic mass is 32.1. The Morgan fingerprint density at radius 1 is 1.44 bits per heavy atom. The molecule has 1 unspecified atom stereocenters. The zero-order valence-electron chi connectivity index (χ0n) is 9.65. The standard InChI is InChI=1S/C11H11N5OS/c1-16-5-4-7(14-16)10-13-11(17-15-10)9(12)8-3-2-6-18-8/h2-6,9H,12H2,1H3. The molecule has 0 fully saturated rings. The van der Waals surface area contributed by atoms with Gasteiger partial charge in [0.25, 0.3) is 0 Å². The second-order valence-corrected chi connectivity index (χ2v) is 4.80. The summed E-state index contributed by atoms with van der Waals surface area (Å²) in [6, 6.07) is 5.33. The van der Waals surface area contributed by atoms with Crippen LogP contribution in [-0.2, 0) is 7.05 Å². The van der Waals surface area contributed by atoms with Gasteiger partial charge in [-0.2, -0.15) is 10.1 Å². The molecule has 3 rings (SSSR count). The second-order valence-electron chi connectivity index (χ2n) is 3.82. The van der Waals surface area contributed by atoms with Gasteiger partial charge in [-0.1, -0.05) is 11.2 Å². The number of hydrogen-bond acceptors (Lipinski definition) is 6. The van der Waals surface area contributed by atoms with Crippen molar-refractivity contribution in [3.8, 4) is 11.5 Å². The molecule has 1 atom stereocenters. The van der Waals surface area contributed by atoms with Gasteiger partial charge in [0.15, 0.2) is 0 Å². The molecular formula is C11H11N5OS. The highest BCUT2D eigenvalue weighted by Crippen LogP contribution is 2.24. The van der Waals surface area contributed by atoms with E-state index in [2.05, 4.69) is 15.2 Å². The highest BCUT2D eigenvalue weighted by molar-refractivity contribution is 7.10. The van der Waals surface area contributed by atoms with Crippen molar-refractivity contribution in [3.63, 3.8) is 0 Å². The molecule has 3 aromatic heterocycles. The maximum atomic E-state index is 6.05. The summed E-state index contributed by atoms with van der Waals surface area (Å²) in [5.41, 5.74) is 6.72. The Kier molecular flexibility index (Phi) is 2.69. The molecule has 0 bridgehead atoms. The summed E-state index contributed by atoms with van der Waals surface area (Å²) >= 11 is 1.56. The first kappa shape index (κ1) is 11.1. The average molecular weight is 261 g/mol. The smallest absolute Gasteiger partial charge is 0.249 e. The summed E-state index contributed by atoms with van der Waals surface area (Å²) in [5, 5.41) is 10.1. The lowest BCUT2D eigenvalue weighted by molar-refractivity contribution is 0.368. The van der Waals surface area contributed by atoms with Crippen LogP contribution in [0.15, 0.2) is 34.3 Å². The van der Waals surface area contributed by atoms with Crippen LogP contribution in [-0.4, -0.2) is 19.9 Å². The molecule has 18 heavy (non-hydrogen) atoms. The van der Waals surface area contributed by atoms with Gasteiger partial charge in [-0.05, 0) is 17.5 Å². The lowest BCUT2D eigenvalue weighted by Crippen LogP contribution is -2.10. The van der Waals surface area contributed by atoms with Gasteiger partial charge in [0.2, 0.25) is 11.7 Å². The summed E-state index contributed by atoms with van der Waals surface area (Å²) in [6.45, 7) is 0. The van der Waals surface area contributed by atoms with Crippen molar-refractivity contribution < 1.29 is 4.52 Å². The number of rotatable bonds is 3. The van der Waals surface area contributed by atoms with Crippen molar-refractivity contribution in [1.82, 2.24) is 19.9 Å². The van der Waals surface area contributed by atoms with Gasteiger partial charge in [-0.25, -0.2) is 0 Å². The molecule has 92 valence electrons. The van der Waals surface area contributed by atoms with Gasteiger partial charge in [-0.15, -0.1) is 11.3 Å². The first-order valence-corrected chi connectivity index (χ1v) is 6.24. The van der Waals surface area contributed by atoms with Crippen molar-refractivity contribution >= 4 is 11.3 Å². The largest absolute Gasteiger partial charge is 0.337 e. The van der Waals surface area contributed by atoms with Crippen LogP contribution in [0.1, 0.15) is 16.8 Å². The van der Waals surface area contributed by atoms with Crippen LogP contribution in [0.25, 0.3) is 11.5 Å². The number of aryl methyl sites for hydroxylation is 1. The van der Waals surface area contributed by atoms with Gasteiger partial charge in [0.05, 0.1) is 0 Å². The Balaban J connectivity index is 1.90. The minimum absolute atomic E-state index is 0.380. The molecule has 0 aromatic carbocycles. The van der Waals surface area contributed by atoms with Gasteiger partial charge < -0.3 is 10.3 Å². The van der Waals surface area contributed by atoms with Crippen molar-refractivity contribution in [3.05, 3.63) is 40.5 Å².